The summed E-state index contributed by atoms with van der Waals surface area (Å²) in [7, 11) is 0. The molecule has 4 nitrogen and oxygen atoms in total. The molecule has 3 rings (SSSR count). The predicted molar refractivity (Wildman–Crippen MR) is 78.8 cm³/mol. The van der Waals surface area contributed by atoms with E-state index in [9.17, 15) is 9.59 Å². The summed E-state index contributed by atoms with van der Waals surface area (Å²) in [5.74, 6) is -0.166. The van der Waals surface area contributed by atoms with Crippen molar-refractivity contribution in [2.45, 2.75) is 31.3 Å². The molecule has 1 unspecified atom stereocenters. The highest BCUT2D eigenvalue weighted by atomic mass is 16.6. The van der Waals surface area contributed by atoms with Crippen molar-refractivity contribution in [3.05, 3.63) is 48.0 Å². The van der Waals surface area contributed by atoms with E-state index in [1.54, 1.807) is 12.1 Å². The van der Waals surface area contributed by atoms with Crippen LogP contribution in [0.2, 0.25) is 0 Å². The maximum atomic E-state index is 12.2. The van der Waals surface area contributed by atoms with Gasteiger partial charge in [-0.3, -0.25) is 4.79 Å². The normalized spacial score (nSPS) is 23.8. The number of fused-ring (bicyclic) bond motifs is 2. The van der Waals surface area contributed by atoms with Crippen LogP contribution in [0.1, 0.15) is 41.6 Å². The molecular formula is C17H19NO3. The minimum Gasteiger partial charge on any atom is -0.449 e. The van der Waals surface area contributed by atoms with E-state index < -0.39 is 5.60 Å². The topological polar surface area (TPSA) is 46.6 Å². The van der Waals surface area contributed by atoms with Crippen molar-refractivity contribution in [1.82, 2.24) is 4.90 Å². The number of benzene rings is 1. The second-order valence-corrected chi connectivity index (χ2v) is 5.68. The minimum atomic E-state index is -0.643. The zero-order chi connectivity index (χ0) is 14.9. The van der Waals surface area contributed by atoms with Crippen molar-refractivity contribution in [3.63, 3.8) is 0 Å². The van der Waals surface area contributed by atoms with Crippen LogP contribution in [0.5, 0.6) is 0 Å². The molecule has 1 saturated heterocycles. The van der Waals surface area contributed by atoms with Crippen LogP contribution in [0.4, 0.5) is 0 Å². The summed E-state index contributed by atoms with van der Waals surface area (Å²) in [5, 5.41) is 0. The smallest absolute Gasteiger partial charge is 0.339 e. The van der Waals surface area contributed by atoms with Crippen LogP contribution in [0.3, 0.4) is 0 Å². The van der Waals surface area contributed by atoms with Crippen molar-refractivity contribution in [1.29, 1.82) is 0 Å². The van der Waals surface area contributed by atoms with Gasteiger partial charge in [0, 0.05) is 18.5 Å². The van der Waals surface area contributed by atoms with Crippen molar-refractivity contribution in [3.8, 4) is 0 Å². The van der Waals surface area contributed by atoms with Crippen LogP contribution in [-0.4, -0.2) is 29.9 Å². The van der Waals surface area contributed by atoms with Gasteiger partial charge in [-0.1, -0.05) is 24.3 Å². The number of carbonyl (C=O) groups excluding carboxylic acids is 2. The number of esters is 1. The highest BCUT2D eigenvalue weighted by Gasteiger charge is 2.48. The van der Waals surface area contributed by atoms with Gasteiger partial charge in [-0.05, 0) is 25.3 Å². The van der Waals surface area contributed by atoms with E-state index in [0.717, 1.165) is 24.9 Å². The van der Waals surface area contributed by atoms with Crippen LogP contribution < -0.4 is 0 Å². The molecule has 1 spiro atoms. The number of likely N-dealkylation sites (tertiary alicyclic amines) is 1. The molecule has 0 aromatic heterocycles. The highest BCUT2D eigenvalue weighted by Crippen LogP contribution is 2.42. The molecule has 21 heavy (non-hydrogen) atoms. The lowest BCUT2D eigenvalue weighted by molar-refractivity contribution is -0.138. The van der Waals surface area contributed by atoms with Crippen molar-refractivity contribution in [2.75, 3.05) is 13.1 Å². The van der Waals surface area contributed by atoms with E-state index in [1.165, 1.54) is 0 Å². The zero-order valence-corrected chi connectivity index (χ0v) is 12.0. The van der Waals surface area contributed by atoms with E-state index >= 15 is 0 Å². The summed E-state index contributed by atoms with van der Waals surface area (Å²) in [5.41, 5.74) is 0.921. The molecule has 110 valence electrons. The molecule has 0 saturated carbocycles. The van der Waals surface area contributed by atoms with Crippen molar-refractivity contribution in [2.24, 2.45) is 0 Å². The number of ether oxygens (including phenoxy) is 1. The van der Waals surface area contributed by atoms with Gasteiger partial charge in [0.25, 0.3) is 0 Å². The van der Waals surface area contributed by atoms with Gasteiger partial charge in [-0.15, -0.1) is 6.58 Å². The Kier molecular flexibility index (Phi) is 3.53. The lowest BCUT2D eigenvalue weighted by Crippen LogP contribution is -2.48. The quantitative estimate of drug-likeness (QED) is 0.633. The fraction of sp³-hybridized carbons (Fsp3) is 0.412. The summed E-state index contributed by atoms with van der Waals surface area (Å²) in [6.45, 7) is 4.85. The maximum Gasteiger partial charge on any atom is 0.339 e. The fourth-order valence-corrected chi connectivity index (χ4v) is 3.27. The number of piperidine rings is 1. The molecule has 0 radical (unpaired) electrons. The van der Waals surface area contributed by atoms with Crippen molar-refractivity contribution < 1.29 is 14.3 Å². The summed E-state index contributed by atoms with van der Waals surface area (Å²) >= 11 is 0. The van der Waals surface area contributed by atoms with Crippen molar-refractivity contribution >= 4 is 11.9 Å². The van der Waals surface area contributed by atoms with Crippen LogP contribution in [0, 0.1) is 0 Å². The third-order valence-electron chi connectivity index (χ3n) is 4.30. The number of rotatable bonds is 3. The molecule has 2 aliphatic heterocycles. The van der Waals surface area contributed by atoms with Gasteiger partial charge in [-0.25, -0.2) is 4.79 Å². The number of nitrogens with zero attached hydrogens (tertiary/aromatic N) is 1. The molecule has 2 heterocycles. The van der Waals surface area contributed by atoms with Crippen LogP contribution in [0.15, 0.2) is 36.9 Å². The Hall–Kier alpha value is -2.10. The first-order chi connectivity index (χ1) is 10.2. The largest absolute Gasteiger partial charge is 0.449 e. The van der Waals surface area contributed by atoms with Gasteiger partial charge in [-0.2, -0.15) is 0 Å². The summed E-state index contributed by atoms with van der Waals surface area (Å²) in [4.78, 5) is 26.1. The molecule has 1 atom stereocenters. The van der Waals surface area contributed by atoms with Gasteiger partial charge < -0.3 is 9.64 Å². The average molecular weight is 285 g/mol. The summed E-state index contributed by atoms with van der Waals surface area (Å²) in [6.07, 6.45) is 4.53. The lowest BCUT2D eigenvalue weighted by Gasteiger charge is -2.39. The van der Waals surface area contributed by atoms with E-state index in [1.807, 2.05) is 23.1 Å². The molecule has 4 heteroatoms. The molecule has 1 aromatic rings. The van der Waals surface area contributed by atoms with Gasteiger partial charge in [0.15, 0.2) is 5.60 Å². The Morgan fingerprint density at radius 3 is 3.05 bits per heavy atom. The number of carbonyl (C=O) groups is 2. The summed E-state index contributed by atoms with van der Waals surface area (Å²) in [6, 6.07) is 7.50. The van der Waals surface area contributed by atoms with E-state index in [4.69, 9.17) is 4.74 Å². The predicted octanol–water partition coefficient (Wildman–Crippen LogP) is 2.64. The van der Waals surface area contributed by atoms with Gasteiger partial charge in [0.1, 0.15) is 0 Å². The van der Waals surface area contributed by atoms with Gasteiger partial charge >= 0.3 is 5.97 Å². The number of allylic oxidation sites excluding steroid dienone is 1. The Bertz CT molecular complexity index is 595. The standard InChI is InChI=1S/C17H19NO3/c1-2-3-9-15(19)18-11-6-10-17(12-18)14-8-5-4-7-13(14)16(20)21-17/h2,4-5,7-8H,1,3,6,9-12H2. The van der Waals surface area contributed by atoms with E-state index in [-0.39, 0.29) is 11.9 Å². The lowest BCUT2D eigenvalue weighted by atomic mass is 9.85. The monoisotopic (exact) mass is 285 g/mol. The Morgan fingerprint density at radius 2 is 2.24 bits per heavy atom. The molecule has 0 aliphatic carbocycles. The first-order valence-electron chi connectivity index (χ1n) is 7.38. The Morgan fingerprint density at radius 1 is 1.43 bits per heavy atom. The zero-order valence-electron chi connectivity index (χ0n) is 12.0. The second-order valence-electron chi connectivity index (χ2n) is 5.68. The molecule has 2 aliphatic rings. The van der Waals surface area contributed by atoms with Crippen LogP contribution in [-0.2, 0) is 15.1 Å². The summed E-state index contributed by atoms with van der Waals surface area (Å²) < 4.78 is 5.69. The third-order valence-corrected chi connectivity index (χ3v) is 4.30. The molecule has 0 bridgehead atoms. The fourth-order valence-electron chi connectivity index (χ4n) is 3.27. The Balaban J connectivity index is 1.85. The molecule has 1 fully saturated rings. The van der Waals surface area contributed by atoms with Gasteiger partial charge in [0.05, 0.1) is 12.1 Å². The minimum absolute atomic E-state index is 0.106. The first kappa shape index (κ1) is 13.9. The highest BCUT2D eigenvalue weighted by molar-refractivity contribution is 5.95. The van der Waals surface area contributed by atoms with E-state index in [0.29, 0.717) is 24.9 Å². The number of amides is 1. The maximum absolute atomic E-state index is 12.2. The third kappa shape index (κ3) is 2.35. The Labute approximate surface area is 124 Å². The van der Waals surface area contributed by atoms with Crippen LogP contribution >= 0.6 is 0 Å². The molecule has 0 N–H and O–H groups in total. The second kappa shape index (κ2) is 5.35. The molecule has 1 amide bonds. The van der Waals surface area contributed by atoms with Gasteiger partial charge in [0.2, 0.25) is 5.91 Å². The first-order valence-corrected chi connectivity index (χ1v) is 7.38. The average Bonchev–Trinajstić information content (AvgIpc) is 2.78. The SMILES string of the molecule is C=CCCC(=O)N1CCCC2(C1)OC(=O)c1ccccc12. The number of hydrogen-bond acceptors (Lipinski definition) is 3. The number of hydrogen-bond donors (Lipinski definition) is 0. The van der Waals surface area contributed by atoms with E-state index in [2.05, 4.69) is 6.58 Å². The van der Waals surface area contributed by atoms with Crippen LogP contribution in [0.25, 0.3) is 0 Å². The molecule has 1 aromatic carbocycles. The molecular weight excluding hydrogens is 266 g/mol.